The Bertz CT molecular complexity index is 160. The SMILES string of the molecule is CC(=O)NC(CCS)C(=O)O. The van der Waals surface area contributed by atoms with Crippen LogP contribution in [0, 0.1) is 0 Å². The molecular weight excluding hydrogens is 166 g/mol. The minimum Gasteiger partial charge on any atom is -0.480 e. The van der Waals surface area contributed by atoms with E-state index in [-0.39, 0.29) is 5.91 Å². The van der Waals surface area contributed by atoms with Gasteiger partial charge in [-0.15, -0.1) is 0 Å². The van der Waals surface area contributed by atoms with E-state index in [0.29, 0.717) is 12.2 Å². The van der Waals surface area contributed by atoms with Crippen LogP contribution in [0.1, 0.15) is 13.3 Å². The maximum absolute atomic E-state index is 10.4. The summed E-state index contributed by atoms with van der Waals surface area (Å²) in [6.07, 6.45) is 0.345. The molecule has 0 heterocycles. The lowest BCUT2D eigenvalue weighted by molar-refractivity contribution is -0.141. The number of thiol groups is 1. The van der Waals surface area contributed by atoms with Gasteiger partial charge < -0.3 is 10.4 Å². The number of amides is 1. The Morgan fingerprint density at radius 1 is 1.64 bits per heavy atom. The van der Waals surface area contributed by atoms with Gasteiger partial charge in [0.1, 0.15) is 6.04 Å². The standard InChI is InChI=1S/C6H11NO3S/c1-4(8)7-5(2-3-11)6(9)10/h5,11H,2-3H2,1H3,(H,7,8)(H,9,10). The molecule has 11 heavy (non-hydrogen) atoms. The summed E-state index contributed by atoms with van der Waals surface area (Å²) in [5.74, 6) is -0.912. The first-order chi connectivity index (χ1) is 5.07. The van der Waals surface area contributed by atoms with Gasteiger partial charge in [0.2, 0.25) is 5.91 Å². The molecule has 2 N–H and O–H groups in total. The van der Waals surface area contributed by atoms with Crippen molar-refractivity contribution in [2.45, 2.75) is 19.4 Å². The molecule has 0 fully saturated rings. The molecule has 0 saturated carbocycles. The topological polar surface area (TPSA) is 66.4 Å². The second-order valence-electron chi connectivity index (χ2n) is 2.10. The monoisotopic (exact) mass is 177 g/mol. The van der Waals surface area contributed by atoms with Crippen LogP contribution >= 0.6 is 12.6 Å². The van der Waals surface area contributed by atoms with Crippen molar-refractivity contribution in [1.82, 2.24) is 5.32 Å². The molecule has 64 valence electrons. The minimum absolute atomic E-state index is 0.334. The van der Waals surface area contributed by atoms with Crippen LogP contribution in [0.3, 0.4) is 0 Å². The molecule has 0 aromatic carbocycles. The van der Waals surface area contributed by atoms with Crippen LogP contribution in [-0.2, 0) is 9.59 Å². The van der Waals surface area contributed by atoms with Gasteiger partial charge in [0.05, 0.1) is 0 Å². The zero-order chi connectivity index (χ0) is 8.85. The lowest BCUT2D eigenvalue weighted by atomic mass is 10.2. The van der Waals surface area contributed by atoms with Gasteiger partial charge in [0.25, 0.3) is 0 Å². The van der Waals surface area contributed by atoms with Gasteiger partial charge in [0.15, 0.2) is 0 Å². The third kappa shape index (κ3) is 4.66. The molecule has 0 aliphatic rings. The van der Waals surface area contributed by atoms with E-state index in [2.05, 4.69) is 17.9 Å². The summed E-state index contributed by atoms with van der Waals surface area (Å²) in [5, 5.41) is 10.8. The molecule has 0 spiro atoms. The lowest BCUT2D eigenvalue weighted by Crippen LogP contribution is -2.39. The van der Waals surface area contributed by atoms with E-state index in [4.69, 9.17) is 5.11 Å². The summed E-state index contributed by atoms with van der Waals surface area (Å²) in [6.45, 7) is 1.29. The Morgan fingerprint density at radius 2 is 2.18 bits per heavy atom. The molecule has 0 bridgehead atoms. The second kappa shape index (κ2) is 5.01. The number of rotatable bonds is 4. The fraction of sp³-hybridized carbons (Fsp3) is 0.667. The Kier molecular flexibility index (Phi) is 4.69. The first kappa shape index (κ1) is 10.3. The molecule has 0 saturated heterocycles. The molecular formula is C6H11NO3S. The van der Waals surface area contributed by atoms with Crippen molar-refractivity contribution in [3.63, 3.8) is 0 Å². The van der Waals surface area contributed by atoms with Crippen molar-refractivity contribution < 1.29 is 14.7 Å². The molecule has 0 aliphatic carbocycles. The third-order valence-electron chi connectivity index (χ3n) is 1.09. The Morgan fingerprint density at radius 3 is 2.45 bits per heavy atom. The van der Waals surface area contributed by atoms with E-state index in [1.54, 1.807) is 0 Å². The van der Waals surface area contributed by atoms with E-state index in [1.807, 2.05) is 0 Å². The number of hydrogen-bond acceptors (Lipinski definition) is 3. The van der Waals surface area contributed by atoms with Gasteiger partial charge in [-0.05, 0) is 12.2 Å². The van der Waals surface area contributed by atoms with Crippen molar-refractivity contribution in [3.8, 4) is 0 Å². The molecule has 1 amide bonds. The number of carboxylic acids is 1. The number of hydrogen-bond donors (Lipinski definition) is 3. The number of nitrogens with one attached hydrogen (secondary N) is 1. The average Bonchev–Trinajstić information content (AvgIpc) is 1.86. The number of aliphatic carboxylic acids is 1. The molecule has 1 unspecified atom stereocenters. The quantitative estimate of drug-likeness (QED) is 0.525. The molecule has 0 aromatic rings. The summed E-state index contributed by atoms with van der Waals surface area (Å²) in [7, 11) is 0. The highest BCUT2D eigenvalue weighted by Crippen LogP contribution is 1.93. The van der Waals surface area contributed by atoms with Crippen LogP contribution in [0.5, 0.6) is 0 Å². The highest BCUT2D eigenvalue weighted by atomic mass is 32.1. The fourth-order valence-electron chi connectivity index (χ4n) is 0.632. The highest BCUT2D eigenvalue weighted by Gasteiger charge is 2.16. The van der Waals surface area contributed by atoms with Gasteiger partial charge in [-0.2, -0.15) is 12.6 Å². The van der Waals surface area contributed by atoms with E-state index < -0.39 is 12.0 Å². The van der Waals surface area contributed by atoms with Crippen molar-refractivity contribution in [1.29, 1.82) is 0 Å². The van der Waals surface area contributed by atoms with Gasteiger partial charge >= 0.3 is 5.97 Å². The minimum atomic E-state index is -1.02. The van der Waals surface area contributed by atoms with Crippen LogP contribution in [0.25, 0.3) is 0 Å². The number of carbonyl (C=O) groups excluding carboxylic acids is 1. The number of carbonyl (C=O) groups is 2. The van der Waals surface area contributed by atoms with Crippen LogP contribution in [-0.4, -0.2) is 28.8 Å². The Balaban J connectivity index is 3.89. The summed E-state index contributed by atoms with van der Waals surface area (Å²) >= 11 is 3.86. The van der Waals surface area contributed by atoms with Gasteiger partial charge in [-0.25, -0.2) is 4.79 Å². The van der Waals surface area contributed by atoms with Crippen LogP contribution in [0.4, 0.5) is 0 Å². The van der Waals surface area contributed by atoms with Crippen LogP contribution in [0.2, 0.25) is 0 Å². The molecule has 0 rings (SSSR count). The average molecular weight is 177 g/mol. The van der Waals surface area contributed by atoms with Crippen molar-refractivity contribution in [2.75, 3.05) is 5.75 Å². The second-order valence-corrected chi connectivity index (χ2v) is 2.55. The third-order valence-corrected chi connectivity index (χ3v) is 1.35. The molecule has 1 atom stereocenters. The summed E-state index contributed by atoms with van der Waals surface area (Å²) in [5.41, 5.74) is 0. The van der Waals surface area contributed by atoms with Gasteiger partial charge in [-0.3, -0.25) is 4.79 Å². The summed E-state index contributed by atoms with van der Waals surface area (Å²) in [6, 6.07) is -0.801. The summed E-state index contributed by atoms with van der Waals surface area (Å²) in [4.78, 5) is 20.8. The van der Waals surface area contributed by atoms with Crippen molar-refractivity contribution in [3.05, 3.63) is 0 Å². The normalized spacial score (nSPS) is 12.2. The predicted molar refractivity (Wildman–Crippen MR) is 43.7 cm³/mol. The molecule has 4 nitrogen and oxygen atoms in total. The lowest BCUT2D eigenvalue weighted by Gasteiger charge is -2.10. The zero-order valence-electron chi connectivity index (χ0n) is 6.20. The van der Waals surface area contributed by atoms with Gasteiger partial charge in [-0.1, -0.05) is 0 Å². The summed E-state index contributed by atoms with van der Waals surface area (Å²) < 4.78 is 0. The molecule has 0 aromatic heterocycles. The first-order valence-corrected chi connectivity index (χ1v) is 3.82. The Labute approximate surface area is 70.4 Å². The zero-order valence-corrected chi connectivity index (χ0v) is 7.10. The van der Waals surface area contributed by atoms with Gasteiger partial charge in [0, 0.05) is 6.92 Å². The largest absolute Gasteiger partial charge is 0.480 e. The molecule has 0 radical (unpaired) electrons. The van der Waals surface area contributed by atoms with Crippen LogP contribution < -0.4 is 5.32 Å². The van der Waals surface area contributed by atoms with E-state index >= 15 is 0 Å². The van der Waals surface area contributed by atoms with E-state index in [9.17, 15) is 9.59 Å². The molecule has 5 heteroatoms. The van der Waals surface area contributed by atoms with E-state index in [0.717, 1.165) is 0 Å². The number of carboxylic acid groups (broad SMARTS) is 1. The smallest absolute Gasteiger partial charge is 0.326 e. The van der Waals surface area contributed by atoms with Crippen molar-refractivity contribution >= 4 is 24.5 Å². The Hall–Kier alpha value is -0.710. The maximum atomic E-state index is 10.4. The fourth-order valence-corrected chi connectivity index (χ4v) is 0.890. The van der Waals surface area contributed by atoms with Crippen LogP contribution in [0.15, 0.2) is 0 Å². The molecule has 0 aliphatic heterocycles. The van der Waals surface area contributed by atoms with E-state index in [1.165, 1.54) is 6.92 Å². The highest BCUT2D eigenvalue weighted by molar-refractivity contribution is 7.80. The predicted octanol–water partition coefficient (Wildman–Crippen LogP) is -0.104. The van der Waals surface area contributed by atoms with Crippen molar-refractivity contribution in [2.24, 2.45) is 0 Å². The maximum Gasteiger partial charge on any atom is 0.326 e. The first-order valence-electron chi connectivity index (χ1n) is 3.18.